The average Bonchev–Trinajstić information content (AvgIpc) is 3.29. The molecule has 1 heterocycles. The van der Waals surface area contributed by atoms with Gasteiger partial charge in [0.2, 0.25) is 17.0 Å². The first-order valence-corrected chi connectivity index (χ1v) is 14.7. The zero-order valence-corrected chi connectivity index (χ0v) is 24.8. The number of carbonyl (C=O) groups excluding carboxylic acids is 1. The molecule has 2 atom stereocenters. The number of benzene rings is 5. The van der Waals surface area contributed by atoms with E-state index in [1.54, 1.807) is 0 Å². The van der Waals surface area contributed by atoms with Gasteiger partial charge in [0.05, 0.1) is 10.0 Å². The number of halogens is 4. The second kappa shape index (κ2) is 10.2. The number of ether oxygens (including phenoxy) is 2. The fourth-order valence-corrected chi connectivity index (χ4v) is 7.00. The van der Waals surface area contributed by atoms with Crippen LogP contribution in [-0.2, 0) is 16.0 Å². The molecule has 5 aromatic carbocycles. The Kier molecular flexibility index (Phi) is 6.60. The first-order valence-electron chi connectivity index (χ1n) is 13.2. The van der Waals surface area contributed by atoms with Crippen LogP contribution in [0.1, 0.15) is 22.3 Å². The smallest absolute Gasteiger partial charge is 0.244 e. The van der Waals surface area contributed by atoms with E-state index in [0.717, 1.165) is 5.56 Å². The van der Waals surface area contributed by atoms with Crippen molar-refractivity contribution in [3.8, 4) is 11.5 Å². The molecule has 3 nitrogen and oxygen atoms in total. The van der Waals surface area contributed by atoms with Gasteiger partial charge in [-0.3, -0.25) is 4.79 Å². The van der Waals surface area contributed by atoms with Crippen LogP contribution in [0.25, 0.3) is 11.1 Å². The number of carbonyl (C=O) groups is 1. The highest BCUT2D eigenvalue weighted by molar-refractivity contribution is 6.53. The number of fused-ring (bicyclic) bond motifs is 2. The summed E-state index contributed by atoms with van der Waals surface area (Å²) in [7, 11) is 0. The Morgan fingerprint density at radius 1 is 0.452 bits per heavy atom. The maximum absolute atomic E-state index is 15.4. The summed E-state index contributed by atoms with van der Waals surface area (Å²) in [4.78, 5) is 15.4. The highest BCUT2D eigenvalue weighted by atomic mass is 35.5. The van der Waals surface area contributed by atoms with E-state index in [1.807, 2.05) is 121 Å². The third kappa shape index (κ3) is 3.64. The largest absolute Gasteiger partial charge is 0.467 e. The Balaban J connectivity index is 1.72. The summed E-state index contributed by atoms with van der Waals surface area (Å²) >= 11 is 26.7. The molecule has 2 aliphatic rings. The molecule has 0 N–H and O–H groups in total. The van der Waals surface area contributed by atoms with Gasteiger partial charge in [0.25, 0.3) is 0 Å². The first-order chi connectivity index (χ1) is 20.4. The highest BCUT2D eigenvalue weighted by Crippen LogP contribution is 2.68. The summed E-state index contributed by atoms with van der Waals surface area (Å²) in [6, 6.07) is 38.1. The van der Waals surface area contributed by atoms with Gasteiger partial charge in [-0.25, -0.2) is 0 Å². The molecule has 1 aliphatic heterocycles. The lowest BCUT2D eigenvalue weighted by atomic mass is 9.69. The number of ketones is 1. The van der Waals surface area contributed by atoms with Gasteiger partial charge >= 0.3 is 0 Å². The number of rotatable bonds is 4. The molecule has 0 bridgehead atoms. The van der Waals surface area contributed by atoms with Gasteiger partial charge in [-0.2, -0.15) is 0 Å². The molecule has 0 spiro atoms. The van der Waals surface area contributed by atoms with Gasteiger partial charge in [0, 0.05) is 22.3 Å². The lowest BCUT2D eigenvalue weighted by Gasteiger charge is -2.50. The van der Waals surface area contributed by atoms with Gasteiger partial charge in [0.1, 0.15) is 10.0 Å². The summed E-state index contributed by atoms with van der Waals surface area (Å²) in [5.74, 6) is -0.157. The van der Waals surface area contributed by atoms with Crippen molar-refractivity contribution in [3.05, 3.63) is 164 Å². The maximum Gasteiger partial charge on any atom is 0.244 e. The van der Waals surface area contributed by atoms with E-state index in [2.05, 4.69) is 0 Å². The molecule has 42 heavy (non-hydrogen) atoms. The summed E-state index contributed by atoms with van der Waals surface area (Å²) in [5.41, 5.74) is 0.467. The quantitative estimate of drug-likeness (QED) is 0.147. The predicted molar refractivity (Wildman–Crippen MR) is 169 cm³/mol. The molecule has 206 valence electrons. The van der Waals surface area contributed by atoms with Crippen molar-refractivity contribution in [2.24, 2.45) is 0 Å². The van der Waals surface area contributed by atoms with E-state index in [1.165, 1.54) is 0 Å². The molecular formula is C35H20Cl4O3. The van der Waals surface area contributed by atoms with Crippen LogP contribution in [-0.4, -0.2) is 5.78 Å². The molecule has 0 fully saturated rings. The second-order valence-corrected chi connectivity index (χ2v) is 11.5. The van der Waals surface area contributed by atoms with Crippen molar-refractivity contribution in [1.29, 1.82) is 0 Å². The van der Waals surface area contributed by atoms with Crippen LogP contribution in [0.2, 0.25) is 20.1 Å². The van der Waals surface area contributed by atoms with Gasteiger partial charge in [0.15, 0.2) is 11.5 Å². The molecule has 0 saturated heterocycles. The summed E-state index contributed by atoms with van der Waals surface area (Å²) in [6.45, 7) is 0. The van der Waals surface area contributed by atoms with Gasteiger partial charge in [-0.05, 0) is 11.1 Å². The van der Waals surface area contributed by atoms with E-state index in [0.29, 0.717) is 27.8 Å². The monoisotopic (exact) mass is 628 g/mol. The first kappa shape index (κ1) is 27.1. The number of Topliss-reactive ketones (excluding diaryl/α,β-unsaturated/α-hetero) is 1. The zero-order chi connectivity index (χ0) is 29.1. The predicted octanol–water partition coefficient (Wildman–Crippen LogP) is 10.1. The van der Waals surface area contributed by atoms with E-state index in [4.69, 9.17) is 55.9 Å². The van der Waals surface area contributed by atoms with E-state index in [9.17, 15) is 0 Å². The van der Waals surface area contributed by atoms with Crippen LogP contribution in [0.4, 0.5) is 0 Å². The third-order valence-electron chi connectivity index (χ3n) is 7.82. The zero-order valence-electron chi connectivity index (χ0n) is 21.8. The lowest BCUT2D eigenvalue weighted by molar-refractivity contribution is -0.152. The Bertz CT molecular complexity index is 1880. The summed E-state index contributed by atoms with van der Waals surface area (Å²) < 4.78 is 14.1. The standard InChI is InChI=1S/C35H20Cl4O3/c36-27-28(37)30(39)32-31(29(27)38)41-34(23-17-9-3-10-18-23)26(22-15-7-2-8-16-22)25(21-13-5-1-6-14-21)33(40)35(34,42-32)24-19-11-4-12-20-24/h1-20H/t34-,35-/m1/s1. The minimum atomic E-state index is -1.77. The lowest BCUT2D eigenvalue weighted by Crippen LogP contribution is -2.60. The summed E-state index contributed by atoms with van der Waals surface area (Å²) in [6.07, 6.45) is 0. The van der Waals surface area contributed by atoms with Crippen molar-refractivity contribution < 1.29 is 14.3 Å². The Morgan fingerprint density at radius 2 is 0.833 bits per heavy atom. The Hall–Kier alpha value is -3.73. The maximum atomic E-state index is 15.4. The van der Waals surface area contributed by atoms with Crippen molar-refractivity contribution in [1.82, 2.24) is 0 Å². The van der Waals surface area contributed by atoms with Crippen LogP contribution in [0, 0.1) is 0 Å². The van der Waals surface area contributed by atoms with Crippen molar-refractivity contribution in [2.75, 3.05) is 0 Å². The number of hydrogen-bond donors (Lipinski definition) is 0. The molecule has 0 aromatic heterocycles. The highest BCUT2D eigenvalue weighted by Gasteiger charge is 2.73. The fraction of sp³-hybridized carbons (Fsp3) is 0.0571. The van der Waals surface area contributed by atoms with E-state index in [-0.39, 0.29) is 37.4 Å². The Labute approximate surface area is 262 Å². The molecule has 7 rings (SSSR count). The van der Waals surface area contributed by atoms with Crippen LogP contribution in [0.3, 0.4) is 0 Å². The Morgan fingerprint density at radius 3 is 1.31 bits per heavy atom. The minimum absolute atomic E-state index is 0.000238. The van der Waals surface area contributed by atoms with Crippen LogP contribution >= 0.6 is 46.4 Å². The SMILES string of the molecule is O=C1C(c2ccccc2)=C(c2ccccc2)[C@@]2(c3ccccc3)Oc3c(Cl)c(Cl)c(Cl)c(Cl)c3O[C@]12c1ccccc1. The molecule has 5 aromatic rings. The van der Waals surface area contributed by atoms with E-state index >= 15 is 4.79 Å². The third-order valence-corrected chi connectivity index (χ3v) is 9.59. The van der Waals surface area contributed by atoms with Crippen molar-refractivity contribution >= 4 is 63.3 Å². The molecule has 0 radical (unpaired) electrons. The number of hydrogen-bond acceptors (Lipinski definition) is 3. The van der Waals surface area contributed by atoms with Crippen molar-refractivity contribution in [2.45, 2.75) is 11.2 Å². The van der Waals surface area contributed by atoms with Crippen LogP contribution in [0.15, 0.2) is 121 Å². The molecule has 7 heteroatoms. The molecular weight excluding hydrogens is 610 g/mol. The molecule has 0 amide bonds. The van der Waals surface area contributed by atoms with Gasteiger partial charge in [-0.1, -0.05) is 168 Å². The van der Waals surface area contributed by atoms with Gasteiger partial charge in [-0.15, -0.1) is 0 Å². The fourth-order valence-electron chi connectivity index (χ4n) is 6.10. The topological polar surface area (TPSA) is 35.5 Å². The summed E-state index contributed by atoms with van der Waals surface area (Å²) in [5, 5.41) is 0.0661. The normalized spacial score (nSPS) is 20.9. The van der Waals surface area contributed by atoms with Gasteiger partial charge < -0.3 is 9.47 Å². The molecule has 0 saturated carbocycles. The second-order valence-electron chi connectivity index (χ2n) is 10.0. The van der Waals surface area contributed by atoms with Crippen LogP contribution < -0.4 is 9.47 Å². The van der Waals surface area contributed by atoms with Crippen LogP contribution in [0.5, 0.6) is 11.5 Å². The van der Waals surface area contributed by atoms with E-state index < -0.39 is 11.2 Å². The molecule has 0 unspecified atom stereocenters. The van der Waals surface area contributed by atoms with Crippen molar-refractivity contribution in [3.63, 3.8) is 0 Å². The average molecular weight is 630 g/mol. The minimum Gasteiger partial charge on any atom is -0.467 e. The molecule has 1 aliphatic carbocycles.